The minimum atomic E-state index is -0.855. The van der Waals surface area contributed by atoms with Crippen molar-refractivity contribution >= 4 is 23.9 Å². The Bertz CT molecular complexity index is 1080. The number of ether oxygens (including phenoxy) is 3. The molecule has 9 nitrogen and oxygen atoms in total. The Kier molecular flexibility index (Phi) is 10.2. The number of carbonyl (C=O) groups excluding carboxylic acids is 3. The summed E-state index contributed by atoms with van der Waals surface area (Å²) >= 11 is 0. The number of carbonyl (C=O) groups is 3. The summed E-state index contributed by atoms with van der Waals surface area (Å²) in [6, 6.07) is 0. The van der Waals surface area contributed by atoms with Gasteiger partial charge in [0, 0.05) is 18.4 Å². The van der Waals surface area contributed by atoms with Gasteiger partial charge in [-0.05, 0) is 92.6 Å². The highest BCUT2D eigenvalue weighted by Crippen LogP contribution is 2.57. The molecule has 0 aliphatic heterocycles. The van der Waals surface area contributed by atoms with Crippen LogP contribution in [0.1, 0.15) is 94.2 Å². The molecule has 2 amide bonds. The van der Waals surface area contributed by atoms with E-state index in [-0.39, 0.29) is 24.3 Å². The fourth-order valence-electron chi connectivity index (χ4n) is 4.41. The van der Waals surface area contributed by atoms with E-state index < -0.39 is 28.8 Å². The molecule has 0 aromatic carbocycles. The van der Waals surface area contributed by atoms with Crippen LogP contribution in [0.2, 0.25) is 0 Å². The van der Waals surface area contributed by atoms with E-state index in [2.05, 4.69) is 24.9 Å². The second kappa shape index (κ2) is 12.4. The number of imide groups is 1. The SMILES string of the molecule is CC/C(C)=C\C=C(/C)n1cnc(C2(C(=O)OC)CC2CC(C)CN(C(=O)OC(C)(C)C)C(=O)OC(C)(C)C)c1. The van der Waals surface area contributed by atoms with E-state index in [9.17, 15) is 14.4 Å². The lowest BCUT2D eigenvalue weighted by molar-refractivity contribution is -0.144. The van der Waals surface area contributed by atoms with Gasteiger partial charge in [-0.15, -0.1) is 0 Å². The van der Waals surface area contributed by atoms with Gasteiger partial charge in [0.15, 0.2) is 0 Å². The van der Waals surface area contributed by atoms with Crippen LogP contribution < -0.4 is 0 Å². The number of aromatic nitrogens is 2. The van der Waals surface area contributed by atoms with Gasteiger partial charge in [0.25, 0.3) is 0 Å². The van der Waals surface area contributed by atoms with Crippen molar-refractivity contribution < 1.29 is 28.6 Å². The fourth-order valence-corrected chi connectivity index (χ4v) is 4.41. The van der Waals surface area contributed by atoms with Gasteiger partial charge >= 0.3 is 18.2 Å². The van der Waals surface area contributed by atoms with Gasteiger partial charge in [0.05, 0.1) is 19.1 Å². The molecule has 3 atom stereocenters. The van der Waals surface area contributed by atoms with Gasteiger partial charge in [0.1, 0.15) is 16.6 Å². The zero-order valence-corrected chi connectivity index (χ0v) is 25.6. The number of imidazole rings is 1. The topological polar surface area (TPSA) is 100.0 Å². The van der Waals surface area contributed by atoms with Gasteiger partial charge in [-0.25, -0.2) is 19.5 Å². The van der Waals surface area contributed by atoms with Crippen LogP contribution >= 0.6 is 0 Å². The fraction of sp³-hybridized carbons (Fsp3) is 0.667. The smallest absolute Gasteiger partial charge is 0.419 e. The first kappa shape index (κ1) is 32.1. The van der Waals surface area contributed by atoms with Crippen molar-refractivity contribution in [3.63, 3.8) is 0 Å². The Balaban J connectivity index is 2.23. The zero-order valence-electron chi connectivity index (χ0n) is 25.6. The predicted octanol–water partition coefficient (Wildman–Crippen LogP) is 6.73. The second-order valence-electron chi connectivity index (χ2n) is 12.6. The lowest BCUT2D eigenvalue weighted by Gasteiger charge is -2.30. The van der Waals surface area contributed by atoms with Crippen LogP contribution in [0, 0.1) is 11.8 Å². The first-order chi connectivity index (χ1) is 17.9. The summed E-state index contributed by atoms with van der Waals surface area (Å²) in [5.41, 5.74) is 0.515. The maximum Gasteiger partial charge on any atom is 0.419 e. The molecule has 0 radical (unpaired) electrons. The molecule has 1 heterocycles. The molecule has 39 heavy (non-hydrogen) atoms. The molecule has 2 rings (SSSR count). The van der Waals surface area contributed by atoms with E-state index >= 15 is 0 Å². The largest absolute Gasteiger partial charge is 0.468 e. The van der Waals surface area contributed by atoms with Crippen LogP contribution in [0.4, 0.5) is 9.59 Å². The lowest BCUT2D eigenvalue weighted by atomic mass is 9.94. The average molecular weight is 546 g/mol. The molecule has 3 unspecified atom stereocenters. The number of methoxy groups -OCH3 is 1. The Labute approximate surface area is 233 Å². The van der Waals surface area contributed by atoms with Gasteiger partial charge in [0.2, 0.25) is 0 Å². The molecule has 0 bridgehead atoms. The standard InChI is InChI=1S/C30H47N3O6/c1-12-20(2)13-14-22(4)32-18-24(31-19-32)30(25(34)37-11)16-23(30)15-21(3)17-33(26(35)38-28(5,6)7)27(36)39-29(8,9)10/h13-14,18-19,21,23H,12,15-17H2,1-11H3/b20-13-,22-14+. The summed E-state index contributed by atoms with van der Waals surface area (Å²) in [6.45, 7) is 18.7. The Morgan fingerprint density at radius 3 is 2.15 bits per heavy atom. The second-order valence-corrected chi connectivity index (χ2v) is 12.6. The Morgan fingerprint density at radius 1 is 1.10 bits per heavy atom. The molecular weight excluding hydrogens is 498 g/mol. The van der Waals surface area contributed by atoms with E-state index in [1.807, 2.05) is 30.7 Å². The van der Waals surface area contributed by atoms with Gasteiger partial charge in [-0.3, -0.25) is 4.79 Å². The number of hydrogen-bond acceptors (Lipinski definition) is 7. The maximum atomic E-state index is 13.0. The van der Waals surface area contributed by atoms with Gasteiger partial charge in [-0.1, -0.05) is 25.5 Å². The minimum absolute atomic E-state index is 0.0473. The summed E-state index contributed by atoms with van der Waals surface area (Å²) < 4.78 is 18.1. The Morgan fingerprint density at radius 2 is 1.67 bits per heavy atom. The molecule has 1 aromatic heterocycles. The molecule has 218 valence electrons. The average Bonchev–Trinajstić information content (AvgIpc) is 3.29. The van der Waals surface area contributed by atoms with Crippen molar-refractivity contribution in [3.8, 4) is 0 Å². The normalized spacial score (nSPS) is 20.7. The first-order valence-corrected chi connectivity index (χ1v) is 13.6. The van der Waals surface area contributed by atoms with E-state index in [1.54, 1.807) is 47.9 Å². The third-order valence-corrected chi connectivity index (χ3v) is 6.68. The van der Waals surface area contributed by atoms with E-state index in [0.717, 1.165) is 17.0 Å². The lowest BCUT2D eigenvalue weighted by Crippen LogP contribution is -2.45. The number of esters is 1. The quantitative estimate of drug-likeness (QED) is 0.193. The van der Waals surface area contributed by atoms with Crippen molar-refractivity contribution in [2.24, 2.45) is 11.8 Å². The minimum Gasteiger partial charge on any atom is -0.468 e. The predicted molar refractivity (Wildman–Crippen MR) is 151 cm³/mol. The van der Waals surface area contributed by atoms with Crippen molar-refractivity contribution in [2.75, 3.05) is 13.7 Å². The van der Waals surface area contributed by atoms with Crippen LogP contribution in [-0.2, 0) is 24.4 Å². The highest BCUT2D eigenvalue weighted by atomic mass is 16.6. The van der Waals surface area contributed by atoms with Crippen molar-refractivity contribution in [2.45, 2.75) is 105 Å². The maximum absolute atomic E-state index is 13.0. The molecule has 1 aliphatic carbocycles. The van der Waals surface area contributed by atoms with Crippen LogP contribution in [0.3, 0.4) is 0 Å². The Hall–Kier alpha value is -3.10. The number of rotatable bonds is 9. The molecule has 9 heteroatoms. The highest BCUT2D eigenvalue weighted by molar-refractivity contribution is 5.88. The van der Waals surface area contributed by atoms with Crippen molar-refractivity contribution in [3.05, 3.63) is 35.9 Å². The number of allylic oxidation sites excluding steroid dienone is 4. The number of amides is 2. The van der Waals surface area contributed by atoms with E-state index in [0.29, 0.717) is 18.5 Å². The van der Waals surface area contributed by atoms with Crippen LogP contribution in [0.5, 0.6) is 0 Å². The molecule has 1 fully saturated rings. The van der Waals surface area contributed by atoms with Crippen LogP contribution in [0.25, 0.3) is 5.70 Å². The number of hydrogen-bond donors (Lipinski definition) is 0. The molecule has 0 N–H and O–H groups in total. The summed E-state index contributed by atoms with van der Waals surface area (Å²) in [5.74, 6) is -0.508. The van der Waals surface area contributed by atoms with Gasteiger partial charge < -0.3 is 18.8 Å². The monoisotopic (exact) mass is 545 g/mol. The summed E-state index contributed by atoms with van der Waals surface area (Å²) in [5, 5.41) is 0. The van der Waals surface area contributed by atoms with Crippen LogP contribution in [0.15, 0.2) is 30.2 Å². The van der Waals surface area contributed by atoms with Crippen molar-refractivity contribution in [1.82, 2.24) is 14.5 Å². The molecule has 1 saturated carbocycles. The third-order valence-electron chi connectivity index (χ3n) is 6.68. The molecule has 1 aliphatic rings. The van der Waals surface area contributed by atoms with Crippen molar-refractivity contribution in [1.29, 1.82) is 0 Å². The molecule has 0 spiro atoms. The summed E-state index contributed by atoms with van der Waals surface area (Å²) in [4.78, 5) is 44.4. The van der Waals surface area contributed by atoms with E-state index in [1.165, 1.54) is 12.7 Å². The summed E-state index contributed by atoms with van der Waals surface area (Å²) in [6.07, 6.45) is 8.33. The molecule has 0 saturated heterocycles. The van der Waals surface area contributed by atoms with Gasteiger partial charge in [-0.2, -0.15) is 0 Å². The van der Waals surface area contributed by atoms with Crippen LogP contribution in [-0.4, -0.2) is 57.5 Å². The highest BCUT2D eigenvalue weighted by Gasteiger charge is 2.63. The first-order valence-electron chi connectivity index (χ1n) is 13.6. The summed E-state index contributed by atoms with van der Waals surface area (Å²) in [7, 11) is 1.39. The number of nitrogens with zero attached hydrogens (tertiary/aromatic N) is 3. The third kappa shape index (κ3) is 8.70. The van der Waals surface area contributed by atoms with E-state index in [4.69, 9.17) is 14.2 Å². The zero-order chi connectivity index (χ0) is 29.8. The molecular formula is C30H47N3O6. The molecule has 1 aromatic rings.